The molecule has 27 heavy (non-hydrogen) atoms. The Bertz CT molecular complexity index is 962. The fourth-order valence-corrected chi connectivity index (χ4v) is 3.59. The van der Waals surface area contributed by atoms with Crippen LogP contribution in [0.3, 0.4) is 0 Å². The smallest absolute Gasteiger partial charge is 0.271 e. The van der Waals surface area contributed by atoms with Crippen molar-refractivity contribution in [3.05, 3.63) is 45.9 Å². The van der Waals surface area contributed by atoms with Gasteiger partial charge in [0.2, 0.25) is 0 Å². The zero-order chi connectivity index (χ0) is 19.0. The number of hydrogen-bond donors (Lipinski definition) is 1. The van der Waals surface area contributed by atoms with Crippen LogP contribution in [0, 0.1) is 25.7 Å². The van der Waals surface area contributed by atoms with Crippen LogP contribution in [0.2, 0.25) is 0 Å². The summed E-state index contributed by atoms with van der Waals surface area (Å²) in [7, 11) is 0. The predicted octanol–water partition coefficient (Wildman–Crippen LogP) is 1.23. The van der Waals surface area contributed by atoms with E-state index in [-0.39, 0.29) is 17.2 Å². The normalized spacial score (nSPS) is 20.9. The van der Waals surface area contributed by atoms with Crippen LogP contribution in [0.5, 0.6) is 0 Å². The molecular formula is C20H24N4O3. The summed E-state index contributed by atoms with van der Waals surface area (Å²) in [5.74, 6) is 6.31. The molecule has 1 N–H and O–H groups in total. The standard InChI is InChI=1S/C20H24N4O3/c1-14-15(2)23(13-22-14)6-4-5-17-9-18(19(25)21-10-17)24-7-8-27-20(16(24)3)11-26-12-20/h9-10,13,16H,6-8,11-12H2,1-3H3,(H,21,25). The maximum absolute atomic E-state index is 12.4. The minimum atomic E-state index is -0.302. The Morgan fingerprint density at radius 2 is 2.22 bits per heavy atom. The van der Waals surface area contributed by atoms with E-state index in [1.165, 1.54) is 0 Å². The monoisotopic (exact) mass is 368 g/mol. The summed E-state index contributed by atoms with van der Waals surface area (Å²) in [4.78, 5) is 21.7. The van der Waals surface area contributed by atoms with Gasteiger partial charge in [0.1, 0.15) is 11.3 Å². The van der Waals surface area contributed by atoms with E-state index in [1.54, 1.807) is 12.5 Å². The van der Waals surface area contributed by atoms with Crippen molar-refractivity contribution in [2.75, 3.05) is 31.3 Å². The minimum Gasteiger partial charge on any atom is -0.375 e. The molecule has 0 aliphatic carbocycles. The average Bonchev–Trinajstić information content (AvgIpc) is 2.94. The summed E-state index contributed by atoms with van der Waals surface area (Å²) in [6.45, 7) is 9.08. The lowest BCUT2D eigenvalue weighted by atomic mass is 9.90. The zero-order valence-electron chi connectivity index (χ0n) is 15.9. The Labute approximate surface area is 158 Å². The summed E-state index contributed by atoms with van der Waals surface area (Å²) in [5, 5.41) is 0. The van der Waals surface area contributed by atoms with Gasteiger partial charge in [-0.1, -0.05) is 11.8 Å². The lowest BCUT2D eigenvalue weighted by Crippen LogP contribution is -2.68. The molecule has 1 spiro atoms. The predicted molar refractivity (Wildman–Crippen MR) is 102 cm³/mol. The fraction of sp³-hybridized carbons (Fsp3) is 0.500. The van der Waals surface area contributed by atoms with E-state index in [4.69, 9.17) is 9.47 Å². The molecule has 4 heterocycles. The van der Waals surface area contributed by atoms with Gasteiger partial charge in [0, 0.05) is 24.0 Å². The van der Waals surface area contributed by atoms with Crippen molar-refractivity contribution in [3.8, 4) is 11.8 Å². The van der Waals surface area contributed by atoms with E-state index in [1.807, 2.05) is 24.5 Å². The Morgan fingerprint density at radius 3 is 2.89 bits per heavy atom. The van der Waals surface area contributed by atoms with Crippen molar-refractivity contribution in [2.24, 2.45) is 0 Å². The maximum Gasteiger partial charge on any atom is 0.271 e. The van der Waals surface area contributed by atoms with Gasteiger partial charge in [0.25, 0.3) is 5.56 Å². The molecule has 2 aromatic heterocycles. The van der Waals surface area contributed by atoms with Gasteiger partial charge in [-0.2, -0.15) is 0 Å². The second-order valence-corrected chi connectivity index (χ2v) is 7.22. The van der Waals surface area contributed by atoms with Gasteiger partial charge in [0.05, 0.1) is 44.4 Å². The van der Waals surface area contributed by atoms with Gasteiger partial charge < -0.3 is 23.9 Å². The number of aromatic amines is 1. The molecule has 2 fully saturated rings. The number of hydrogen-bond acceptors (Lipinski definition) is 5. The van der Waals surface area contributed by atoms with Crippen LogP contribution in [0.15, 0.2) is 23.4 Å². The first kappa shape index (κ1) is 17.8. The minimum absolute atomic E-state index is 0.0703. The van der Waals surface area contributed by atoms with Gasteiger partial charge in [-0.3, -0.25) is 4.79 Å². The van der Waals surface area contributed by atoms with Gasteiger partial charge in [-0.05, 0) is 26.8 Å². The summed E-state index contributed by atoms with van der Waals surface area (Å²) < 4.78 is 13.3. The highest BCUT2D eigenvalue weighted by Gasteiger charge is 2.50. The Kier molecular flexibility index (Phi) is 4.54. The van der Waals surface area contributed by atoms with E-state index < -0.39 is 0 Å². The lowest BCUT2D eigenvalue weighted by molar-refractivity contribution is -0.228. The molecule has 2 aliphatic rings. The third kappa shape index (κ3) is 3.15. The molecule has 0 aromatic carbocycles. The van der Waals surface area contributed by atoms with Gasteiger partial charge in [0.15, 0.2) is 0 Å². The summed E-state index contributed by atoms with van der Waals surface area (Å²) >= 11 is 0. The number of morpholine rings is 1. The van der Waals surface area contributed by atoms with Gasteiger partial charge in [-0.25, -0.2) is 4.98 Å². The number of aryl methyl sites for hydroxylation is 1. The average molecular weight is 368 g/mol. The second-order valence-electron chi connectivity index (χ2n) is 7.22. The quantitative estimate of drug-likeness (QED) is 0.808. The van der Waals surface area contributed by atoms with Gasteiger partial charge >= 0.3 is 0 Å². The third-order valence-electron chi connectivity index (χ3n) is 5.66. The van der Waals surface area contributed by atoms with Gasteiger partial charge in [-0.15, -0.1) is 0 Å². The largest absolute Gasteiger partial charge is 0.375 e. The number of anilines is 1. The van der Waals surface area contributed by atoms with Crippen LogP contribution in [-0.2, 0) is 16.0 Å². The number of aromatic nitrogens is 3. The lowest BCUT2D eigenvalue weighted by Gasteiger charge is -2.53. The fourth-order valence-electron chi connectivity index (χ4n) is 3.59. The van der Waals surface area contributed by atoms with E-state index >= 15 is 0 Å². The summed E-state index contributed by atoms with van der Waals surface area (Å²) in [5.41, 5.74) is 3.14. The first-order chi connectivity index (χ1) is 13.0. The summed E-state index contributed by atoms with van der Waals surface area (Å²) in [6, 6.07) is 1.94. The molecule has 0 amide bonds. The molecule has 142 valence electrons. The van der Waals surface area contributed by atoms with Crippen molar-refractivity contribution < 1.29 is 9.47 Å². The molecule has 2 aliphatic heterocycles. The Hall–Kier alpha value is -2.56. The highest BCUT2D eigenvalue weighted by Crippen LogP contribution is 2.34. The number of pyridine rings is 1. The first-order valence-corrected chi connectivity index (χ1v) is 9.18. The van der Waals surface area contributed by atoms with Crippen LogP contribution in [0.25, 0.3) is 0 Å². The highest BCUT2D eigenvalue weighted by molar-refractivity contribution is 5.52. The van der Waals surface area contributed by atoms with Crippen LogP contribution < -0.4 is 10.5 Å². The second kappa shape index (κ2) is 6.87. The molecule has 2 aromatic rings. The van der Waals surface area contributed by atoms with Crippen LogP contribution in [0.1, 0.15) is 23.9 Å². The number of ether oxygens (including phenoxy) is 2. The van der Waals surface area contributed by atoms with E-state index in [0.717, 1.165) is 17.0 Å². The number of imidazole rings is 1. The molecule has 0 radical (unpaired) electrons. The van der Waals surface area contributed by atoms with Crippen LogP contribution in [-0.4, -0.2) is 52.5 Å². The molecular weight excluding hydrogens is 344 g/mol. The number of H-pyrrole nitrogens is 1. The molecule has 7 heteroatoms. The van der Waals surface area contributed by atoms with Crippen molar-refractivity contribution in [1.82, 2.24) is 14.5 Å². The van der Waals surface area contributed by atoms with Crippen molar-refractivity contribution in [2.45, 2.75) is 39.0 Å². The van der Waals surface area contributed by atoms with Crippen molar-refractivity contribution in [3.63, 3.8) is 0 Å². The maximum atomic E-state index is 12.4. The molecule has 0 bridgehead atoms. The molecule has 7 nitrogen and oxygen atoms in total. The van der Waals surface area contributed by atoms with E-state index in [9.17, 15) is 4.79 Å². The SMILES string of the molecule is Cc1ncn(CC#Cc2c[nH]c(=O)c(N3CCOC4(COC4)C3C)c2)c1C. The van der Waals surface area contributed by atoms with Crippen molar-refractivity contribution >= 4 is 5.69 Å². The van der Waals surface area contributed by atoms with E-state index in [0.29, 0.717) is 38.6 Å². The topological polar surface area (TPSA) is 72.4 Å². The molecule has 1 unspecified atom stereocenters. The highest BCUT2D eigenvalue weighted by atomic mass is 16.6. The molecule has 1 atom stereocenters. The summed E-state index contributed by atoms with van der Waals surface area (Å²) in [6.07, 6.45) is 3.46. The zero-order valence-corrected chi connectivity index (χ0v) is 15.9. The molecule has 4 rings (SSSR count). The molecule has 0 saturated carbocycles. The number of nitrogens with zero attached hydrogens (tertiary/aromatic N) is 3. The Balaban J connectivity index is 1.56. The molecule has 2 saturated heterocycles. The Morgan fingerprint density at radius 1 is 1.41 bits per heavy atom. The van der Waals surface area contributed by atoms with E-state index in [2.05, 4.69) is 33.6 Å². The van der Waals surface area contributed by atoms with Crippen LogP contribution >= 0.6 is 0 Å². The van der Waals surface area contributed by atoms with Crippen LogP contribution in [0.4, 0.5) is 5.69 Å². The first-order valence-electron chi connectivity index (χ1n) is 9.18. The van der Waals surface area contributed by atoms with Crippen molar-refractivity contribution in [1.29, 1.82) is 0 Å². The number of rotatable bonds is 2. The third-order valence-corrected chi connectivity index (χ3v) is 5.66. The number of nitrogens with one attached hydrogen (secondary N) is 1.